The van der Waals surface area contributed by atoms with Crippen molar-refractivity contribution >= 4 is 23.5 Å². The zero-order chi connectivity index (χ0) is 15.1. The van der Waals surface area contributed by atoms with Crippen LogP contribution in [0.1, 0.15) is 38.3 Å². The lowest BCUT2D eigenvalue weighted by Crippen LogP contribution is -2.13. The van der Waals surface area contributed by atoms with E-state index in [0.717, 1.165) is 48.8 Å². The molecule has 0 aliphatic heterocycles. The van der Waals surface area contributed by atoms with E-state index in [1.165, 1.54) is 7.11 Å². The summed E-state index contributed by atoms with van der Waals surface area (Å²) >= 11 is 1.86. The van der Waals surface area contributed by atoms with E-state index in [4.69, 9.17) is 4.74 Å². The fourth-order valence-corrected chi connectivity index (χ4v) is 3.51. The maximum Gasteiger partial charge on any atom is 0.306 e. The number of nitrogens with zero attached hydrogens (tertiary/aromatic N) is 1. The molecule has 5 heteroatoms. The molecule has 1 N–H and O–H groups in total. The third-order valence-corrected chi connectivity index (χ3v) is 5.04. The topological polar surface area (TPSA) is 51.2 Å². The molecule has 1 aromatic rings. The third kappa shape index (κ3) is 5.23. The minimum Gasteiger partial charge on any atom is -0.469 e. The van der Waals surface area contributed by atoms with Crippen molar-refractivity contribution in [1.29, 1.82) is 0 Å². The molecule has 0 bridgehead atoms. The van der Waals surface area contributed by atoms with Gasteiger partial charge in [-0.3, -0.25) is 4.79 Å². The summed E-state index contributed by atoms with van der Waals surface area (Å²) in [7, 11) is 1.46. The third-order valence-electron chi connectivity index (χ3n) is 3.73. The Hall–Kier alpha value is -1.23. The zero-order valence-electron chi connectivity index (χ0n) is 12.9. The number of carbonyl (C=O) groups is 1. The maximum atomic E-state index is 11.4. The van der Waals surface area contributed by atoms with Gasteiger partial charge in [-0.05, 0) is 42.6 Å². The first kappa shape index (κ1) is 16.1. The summed E-state index contributed by atoms with van der Waals surface area (Å²) in [5, 5.41) is 3.31. The van der Waals surface area contributed by atoms with Crippen LogP contribution < -0.4 is 5.32 Å². The van der Waals surface area contributed by atoms with Crippen molar-refractivity contribution in [1.82, 2.24) is 4.98 Å². The van der Waals surface area contributed by atoms with Crippen LogP contribution in [-0.4, -0.2) is 30.4 Å². The largest absolute Gasteiger partial charge is 0.469 e. The van der Waals surface area contributed by atoms with Gasteiger partial charge in [-0.2, -0.15) is 11.8 Å². The molecule has 21 heavy (non-hydrogen) atoms. The van der Waals surface area contributed by atoms with Crippen LogP contribution in [0.15, 0.2) is 18.2 Å². The molecule has 0 saturated heterocycles. The van der Waals surface area contributed by atoms with Crippen LogP contribution in [0.5, 0.6) is 0 Å². The Labute approximate surface area is 131 Å². The molecule has 0 spiro atoms. The number of thioether (sulfide) groups is 1. The van der Waals surface area contributed by atoms with E-state index in [9.17, 15) is 4.79 Å². The highest BCUT2D eigenvalue weighted by molar-refractivity contribution is 7.98. The molecule has 0 unspecified atom stereocenters. The van der Waals surface area contributed by atoms with Gasteiger partial charge in [-0.1, -0.05) is 13.0 Å². The predicted molar refractivity (Wildman–Crippen MR) is 87.5 cm³/mol. The van der Waals surface area contributed by atoms with Gasteiger partial charge in [0.15, 0.2) is 0 Å². The number of pyridine rings is 1. The number of aromatic nitrogens is 1. The Balaban J connectivity index is 1.77. The second-order valence-corrected chi connectivity index (χ2v) is 6.67. The highest BCUT2D eigenvalue weighted by Gasteiger charge is 2.44. The quantitative estimate of drug-likeness (QED) is 0.708. The fourth-order valence-electron chi connectivity index (χ4n) is 2.21. The van der Waals surface area contributed by atoms with Gasteiger partial charge in [-0.25, -0.2) is 4.98 Å². The van der Waals surface area contributed by atoms with E-state index >= 15 is 0 Å². The number of nitrogens with one attached hydrogen (secondary N) is 1. The normalized spacial score (nSPS) is 15.5. The molecule has 116 valence electrons. The van der Waals surface area contributed by atoms with Crippen LogP contribution in [0.3, 0.4) is 0 Å². The van der Waals surface area contributed by atoms with Crippen molar-refractivity contribution in [3.05, 3.63) is 23.9 Å². The summed E-state index contributed by atoms with van der Waals surface area (Å²) in [4.78, 5) is 16.0. The molecule has 0 amide bonds. The first-order chi connectivity index (χ1) is 10.2. The van der Waals surface area contributed by atoms with E-state index in [2.05, 4.69) is 23.3 Å². The summed E-state index contributed by atoms with van der Waals surface area (Å²) in [5.74, 6) is 2.77. The van der Waals surface area contributed by atoms with Crippen molar-refractivity contribution in [2.45, 2.75) is 38.4 Å². The SMILES string of the molecule is CCCNc1cccc(CSCC2(CC(=O)OC)CC2)n1. The van der Waals surface area contributed by atoms with Crippen molar-refractivity contribution in [3.63, 3.8) is 0 Å². The lowest BCUT2D eigenvalue weighted by Gasteiger charge is -2.13. The van der Waals surface area contributed by atoms with Crippen molar-refractivity contribution in [3.8, 4) is 0 Å². The van der Waals surface area contributed by atoms with E-state index < -0.39 is 0 Å². The molecule has 1 saturated carbocycles. The highest BCUT2D eigenvalue weighted by Crippen LogP contribution is 2.51. The van der Waals surface area contributed by atoms with Crippen molar-refractivity contribution in [2.24, 2.45) is 5.41 Å². The summed E-state index contributed by atoms with van der Waals surface area (Å²) in [6.45, 7) is 3.09. The minimum atomic E-state index is -0.0861. The Morgan fingerprint density at radius 2 is 2.29 bits per heavy atom. The van der Waals surface area contributed by atoms with Gasteiger partial charge in [0, 0.05) is 12.3 Å². The van der Waals surface area contributed by atoms with Crippen LogP contribution in [0, 0.1) is 5.41 Å². The number of ether oxygens (including phenoxy) is 1. The van der Waals surface area contributed by atoms with Gasteiger partial charge in [-0.15, -0.1) is 0 Å². The summed E-state index contributed by atoms with van der Waals surface area (Å²) in [5.41, 5.74) is 1.28. The highest BCUT2D eigenvalue weighted by atomic mass is 32.2. The fraction of sp³-hybridized carbons (Fsp3) is 0.625. The molecule has 1 aromatic heterocycles. The predicted octanol–water partition coefficient (Wildman–Crippen LogP) is 3.48. The molecular weight excluding hydrogens is 284 g/mol. The lowest BCUT2D eigenvalue weighted by molar-refractivity contribution is -0.141. The Bertz CT molecular complexity index is 475. The van der Waals surface area contributed by atoms with Gasteiger partial charge < -0.3 is 10.1 Å². The van der Waals surface area contributed by atoms with E-state index in [0.29, 0.717) is 6.42 Å². The molecule has 4 nitrogen and oxygen atoms in total. The Morgan fingerprint density at radius 1 is 1.48 bits per heavy atom. The molecule has 1 heterocycles. The molecule has 1 fully saturated rings. The van der Waals surface area contributed by atoms with Gasteiger partial charge in [0.25, 0.3) is 0 Å². The first-order valence-electron chi connectivity index (χ1n) is 7.52. The standard InChI is InChI=1S/C16H24N2O2S/c1-3-9-17-14-6-4-5-13(18-14)11-21-12-16(7-8-16)10-15(19)20-2/h4-6H,3,7-12H2,1-2H3,(H,17,18). The number of hydrogen-bond acceptors (Lipinski definition) is 5. The number of carbonyl (C=O) groups excluding carboxylic acids is 1. The van der Waals surface area contributed by atoms with E-state index in [-0.39, 0.29) is 11.4 Å². The number of methoxy groups -OCH3 is 1. The number of rotatable bonds is 9. The summed E-state index contributed by atoms with van der Waals surface area (Å²) < 4.78 is 4.78. The Morgan fingerprint density at radius 3 is 2.95 bits per heavy atom. The minimum absolute atomic E-state index is 0.0861. The van der Waals surface area contributed by atoms with Crippen LogP contribution in [-0.2, 0) is 15.3 Å². The molecule has 1 aliphatic carbocycles. The van der Waals surface area contributed by atoms with Crippen LogP contribution in [0.25, 0.3) is 0 Å². The van der Waals surface area contributed by atoms with Gasteiger partial charge in [0.05, 0.1) is 19.2 Å². The van der Waals surface area contributed by atoms with Gasteiger partial charge >= 0.3 is 5.97 Å². The van der Waals surface area contributed by atoms with Gasteiger partial charge in [0.2, 0.25) is 0 Å². The lowest BCUT2D eigenvalue weighted by atomic mass is 10.1. The average Bonchev–Trinajstić information content (AvgIpc) is 3.25. The molecule has 0 atom stereocenters. The van der Waals surface area contributed by atoms with Crippen molar-refractivity contribution < 1.29 is 9.53 Å². The second kappa shape index (κ2) is 7.69. The van der Waals surface area contributed by atoms with Crippen LogP contribution in [0.4, 0.5) is 5.82 Å². The second-order valence-electron chi connectivity index (χ2n) is 5.69. The Kier molecular flexibility index (Phi) is 5.91. The molecule has 1 aliphatic rings. The number of esters is 1. The van der Waals surface area contributed by atoms with Gasteiger partial charge in [0.1, 0.15) is 5.82 Å². The molecule has 2 rings (SSSR count). The summed E-state index contributed by atoms with van der Waals surface area (Å²) in [6, 6.07) is 6.11. The van der Waals surface area contributed by atoms with Crippen molar-refractivity contribution in [2.75, 3.05) is 24.7 Å². The molecule has 0 radical (unpaired) electrons. The molecule has 0 aromatic carbocycles. The molecular formula is C16H24N2O2S. The average molecular weight is 308 g/mol. The summed E-state index contributed by atoms with van der Waals surface area (Å²) in [6.07, 6.45) is 3.93. The number of anilines is 1. The zero-order valence-corrected chi connectivity index (χ0v) is 13.7. The van der Waals surface area contributed by atoms with Crippen LogP contribution >= 0.6 is 11.8 Å². The van der Waals surface area contributed by atoms with Crippen LogP contribution in [0.2, 0.25) is 0 Å². The monoisotopic (exact) mass is 308 g/mol. The first-order valence-corrected chi connectivity index (χ1v) is 8.67. The van der Waals surface area contributed by atoms with E-state index in [1.807, 2.05) is 23.9 Å². The maximum absolute atomic E-state index is 11.4. The smallest absolute Gasteiger partial charge is 0.306 e. The van der Waals surface area contributed by atoms with E-state index in [1.54, 1.807) is 0 Å². The number of hydrogen-bond donors (Lipinski definition) is 1.